The van der Waals surface area contributed by atoms with Gasteiger partial charge in [-0.25, -0.2) is 0 Å². The van der Waals surface area contributed by atoms with E-state index in [0.29, 0.717) is 11.8 Å². The zero-order chi connectivity index (χ0) is 34.2. The van der Waals surface area contributed by atoms with Crippen molar-refractivity contribution in [3.8, 4) is 44.5 Å². The molecule has 5 unspecified atom stereocenters. The molecule has 7 aromatic carbocycles. The molecule has 12 rings (SSSR count). The van der Waals surface area contributed by atoms with Crippen molar-refractivity contribution in [2.75, 3.05) is 4.90 Å². The molecule has 4 saturated carbocycles. The molecule has 5 aliphatic rings. The highest BCUT2D eigenvalue weighted by Gasteiger charge is 2.66. The van der Waals surface area contributed by atoms with Crippen LogP contribution in [0.15, 0.2) is 176 Å². The van der Waals surface area contributed by atoms with Crippen LogP contribution in [0.1, 0.15) is 36.8 Å². The van der Waals surface area contributed by atoms with Crippen LogP contribution in [0.3, 0.4) is 0 Å². The number of nitrogens with zero attached hydrogens (tertiary/aromatic N) is 1. The Morgan fingerprint density at radius 3 is 1.75 bits per heavy atom. The summed E-state index contributed by atoms with van der Waals surface area (Å²) in [5.41, 5.74) is 17.4. The fourth-order valence-electron chi connectivity index (χ4n) is 11.4. The summed E-state index contributed by atoms with van der Waals surface area (Å²) < 4.78 is 0. The lowest BCUT2D eigenvalue weighted by atomic mass is 9.59. The molecule has 1 nitrogen and oxygen atoms in total. The summed E-state index contributed by atoms with van der Waals surface area (Å²) in [6, 6.07) is 65.7. The van der Waals surface area contributed by atoms with Gasteiger partial charge in [0.05, 0.1) is 11.4 Å². The zero-order valence-corrected chi connectivity index (χ0v) is 29.3. The van der Waals surface area contributed by atoms with E-state index in [4.69, 9.17) is 0 Å². The maximum atomic E-state index is 2.61. The summed E-state index contributed by atoms with van der Waals surface area (Å²) in [6.45, 7) is 0. The number of benzene rings is 7. The van der Waals surface area contributed by atoms with Gasteiger partial charge in [0, 0.05) is 16.7 Å². The van der Waals surface area contributed by atoms with Crippen LogP contribution in [0.2, 0.25) is 0 Å². The van der Waals surface area contributed by atoms with E-state index in [9.17, 15) is 0 Å². The highest BCUT2D eigenvalue weighted by Crippen LogP contribution is 2.74. The van der Waals surface area contributed by atoms with E-state index in [1.165, 1.54) is 87.3 Å². The molecule has 250 valence electrons. The molecule has 4 fully saturated rings. The second kappa shape index (κ2) is 11.7. The van der Waals surface area contributed by atoms with Crippen molar-refractivity contribution in [3.63, 3.8) is 0 Å². The summed E-state index contributed by atoms with van der Waals surface area (Å²) in [7, 11) is 0. The largest absolute Gasteiger partial charge is 0.310 e. The molecule has 0 aromatic heterocycles. The van der Waals surface area contributed by atoms with Crippen molar-refractivity contribution in [2.45, 2.75) is 31.1 Å². The van der Waals surface area contributed by atoms with Crippen LogP contribution in [0.4, 0.5) is 17.1 Å². The number of hydrogen-bond donors (Lipinski definition) is 0. The molecule has 0 heterocycles. The molecule has 1 heteroatoms. The van der Waals surface area contributed by atoms with E-state index >= 15 is 0 Å². The third-order valence-corrected chi connectivity index (χ3v) is 13.2. The molecule has 0 radical (unpaired) electrons. The van der Waals surface area contributed by atoms with E-state index < -0.39 is 0 Å². The molecule has 5 aliphatic carbocycles. The van der Waals surface area contributed by atoms with Gasteiger partial charge in [0.15, 0.2) is 0 Å². The van der Waals surface area contributed by atoms with Gasteiger partial charge in [-0.1, -0.05) is 146 Å². The number of rotatable bonds is 6. The molecule has 0 N–H and O–H groups in total. The van der Waals surface area contributed by atoms with Gasteiger partial charge in [-0.15, -0.1) is 0 Å². The monoisotopic (exact) mass is 667 g/mol. The summed E-state index contributed by atoms with van der Waals surface area (Å²) in [5.74, 6) is 3.03. The fraction of sp³-hybridized carbons (Fsp3) is 0.176. The van der Waals surface area contributed by atoms with Gasteiger partial charge < -0.3 is 4.90 Å². The summed E-state index contributed by atoms with van der Waals surface area (Å²) >= 11 is 0. The van der Waals surface area contributed by atoms with Gasteiger partial charge in [-0.3, -0.25) is 0 Å². The van der Waals surface area contributed by atoms with Gasteiger partial charge in [0.25, 0.3) is 0 Å². The predicted molar refractivity (Wildman–Crippen MR) is 216 cm³/mol. The maximum absolute atomic E-state index is 2.61. The summed E-state index contributed by atoms with van der Waals surface area (Å²) in [5, 5.41) is 0. The van der Waals surface area contributed by atoms with Crippen molar-refractivity contribution in [3.05, 3.63) is 187 Å². The second-order valence-electron chi connectivity index (χ2n) is 15.7. The molecule has 1 spiro atoms. The van der Waals surface area contributed by atoms with Crippen molar-refractivity contribution in [1.82, 2.24) is 0 Å². The van der Waals surface area contributed by atoms with Crippen LogP contribution in [-0.4, -0.2) is 0 Å². The Hall–Kier alpha value is -5.66. The Bertz CT molecular complexity index is 2430. The third kappa shape index (κ3) is 4.35. The second-order valence-corrected chi connectivity index (χ2v) is 15.7. The summed E-state index contributed by atoms with van der Waals surface area (Å²) in [6.07, 6.45) is 5.48. The third-order valence-electron chi connectivity index (χ3n) is 13.2. The Morgan fingerprint density at radius 1 is 0.423 bits per heavy atom. The summed E-state index contributed by atoms with van der Waals surface area (Å²) in [4.78, 5) is 2.61. The minimum atomic E-state index is 0.00758. The number of para-hydroxylation sites is 1. The lowest BCUT2D eigenvalue weighted by Crippen LogP contribution is -2.41. The van der Waals surface area contributed by atoms with Crippen molar-refractivity contribution in [1.29, 1.82) is 0 Å². The first-order valence-corrected chi connectivity index (χ1v) is 19.2. The molecule has 4 bridgehead atoms. The minimum Gasteiger partial charge on any atom is -0.310 e. The standard InChI is InChI=1S/C51H41N/c1-4-13-35(14-5-1)37-23-26-42(27-24-37)52(48-21-11-10-19-43(48)38-17-8-3-9-18-38)49-22-12-20-45-44-28-25-39(36-15-6-2-7-16-36)33-47(44)51(50(45)49)41-30-34-29-40(32-41)46(51)31-34/h1-28,33-34,40-41,46H,29-32H2. The van der Waals surface area contributed by atoms with Crippen LogP contribution >= 0.6 is 0 Å². The molecule has 7 aromatic rings. The fourth-order valence-corrected chi connectivity index (χ4v) is 11.4. The van der Waals surface area contributed by atoms with E-state index in [1.54, 1.807) is 11.1 Å². The van der Waals surface area contributed by atoms with Gasteiger partial charge in [-0.05, 0) is 130 Å². The van der Waals surface area contributed by atoms with Crippen LogP contribution in [0.25, 0.3) is 44.5 Å². The Morgan fingerprint density at radius 2 is 1.02 bits per heavy atom. The van der Waals surface area contributed by atoms with Gasteiger partial charge >= 0.3 is 0 Å². The lowest BCUT2D eigenvalue weighted by Gasteiger charge is -2.45. The van der Waals surface area contributed by atoms with Crippen LogP contribution in [-0.2, 0) is 5.41 Å². The first-order chi connectivity index (χ1) is 25.8. The van der Waals surface area contributed by atoms with Crippen LogP contribution in [0.5, 0.6) is 0 Å². The van der Waals surface area contributed by atoms with Crippen LogP contribution < -0.4 is 4.90 Å². The molecule has 0 saturated heterocycles. The predicted octanol–water partition coefficient (Wildman–Crippen LogP) is 13.5. The normalized spacial score (nSPS) is 23.2. The highest BCUT2D eigenvalue weighted by atomic mass is 15.1. The van der Waals surface area contributed by atoms with Crippen molar-refractivity contribution >= 4 is 17.1 Å². The molecular formula is C51H41N. The van der Waals surface area contributed by atoms with Crippen molar-refractivity contribution < 1.29 is 0 Å². The smallest absolute Gasteiger partial charge is 0.0540 e. The number of hydrogen-bond acceptors (Lipinski definition) is 1. The number of fused-ring (bicyclic) bond motifs is 3. The molecule has 0 aliphatic heterocycles. The Labute approximate surface area is 307 Å². The zero-order valence-electron chi connectivity index (χ0n) is 29.3. The first kappa shape index (κ1) is 30.0. The van der Waals surface area contributed by atoms with E-state index in [1.807, 2.05) is 0 Å². The molecule has 52 heavy (non-hydrogen) atoms. The van der Waals surface area contributed by atoms with Crippen LogP contribution in [0, 0.1) is 23.7 Å². The van der Waals surface area contributed by atoms with Gasteiger partial charge in [-0.2, -0.15) is 0 Å². The molecule has 0 amide bonds. The van der Waals surface area contributed by atoms with E-state index in [-0.39, 0.29) is 5.41 Å². The maximum Gasteiger partial charge on any atom is 0.0540 e. The van der Waals surface area contributed by atoms with Gasteiger partial charge in [0.2, 0.25) is 0 Å². The molecule has 5 atom stereocenters. The first-order valence-electron chi connectivity index (χ1n) is 19.2. The van der Waals surface area contributed by atoms with E-state index in [2.05, 4.69) is 181 Å². The van der Waals surface area contributed by atoms with E-state index in [0.717, 1.165) is 11.8 Å². The number of anilines is 3. The SMILES string of the molecule is c1ccc(-c2ccc(N(c3ccccc3-c3ccccc3)c3cccc4c3C3(c5cc(-c6ccccc6)ccc5-4)C4CC5CC(C4)C3C5)cc2)cc1. The average molecular weight is 668 g/mol. The highest BCUT2D eigenvalue weighted by molar-refractivity contribution is 5.95. The lowest BCUT2D eigenvalue weighted by molar-refractivity contribution is 0.191. The molecular weight excluding hydrogens is 627 g/mol. The Balaban J connectivity index is 1.17. The van der Waals surface area contributed by atoms with Crippen molar-refractivity contribution in [2.24, 2.45) is 23.7 Å². The minimum absolute atomic E-state index is 0.00758. The van der Waals surface area contributed by atoms with Gasteiger partial charge in [0.1, 0.15) is 0 Å². The quantitative estimate of drug-likeness (QED) is 0.171. The average Bonchev–Trinajstić information content (AvgIpc) is 3.76. The Kier molecular flexibility index (Phi) is 6.74. The topological polar surface area (TPSA) is 3.24 Å².